The van der Waals surface area contributed by atoms with E-state index in [4.69, 9.17) is 10.5 Å². The number of benzene rings is 1. The molecule has 0 unspecified atom stereocenters. The van der Waals surface area contributed by atoms with Crippen LogP contribution in [0.3, 0.4) is 0 Å². The lowest BCUT2D eigenvalue weighted by Crippen LogP contribution is -2.04. The summed E-state index contributed by atoms with van der Waals surface area (Å²) >= 11 is 3.45. The highest BCUT2D eigenvalue weighted by atomic mass is 79.9. The Morgan fingerprint density at radius 1 is 1.42 bits per heavy atom. The fourth-order valence-corrected chi connectivity index (χ4v) is 2.32. The molecule has 0 aliphatic carbocycles. The Labute approximate surface area is 120 Å². The number of methoxy groups -OCH3 is 1. The van der Waals surface area contributed by atoms with Crippen LogP contribution in [0.25, 0.3) is 0 Å². The zero-order chi connectivity index (χ0) is 14.0. The van der Waals surface area contributed by atoms with Gasteiger partial charge in [0.1, 0.15) is 5.75 Å². The third kappa shape index (κ3) is 2.84. The molecule has 19 heavy (non-hydrogen) atoms. The summed E-state index contributed by atoms with van der Waals surface area (Å²) in [6.07, 6.45) is 0. The Bertz CT molecular complexity index is 595. The van der Waals surface area contributed by atoms with Crippen molar-refractivity contribution in [3.05, 3.63) is 28.4 Å². The highest BCUT2D eigenvalue weighted by molar-refractivity contribution is 9.10. The SMILES string of the molecule is CCn1nc(C)c(N)c1Nc1cc(Br)cc(OC)c1. The van der Waals surface area contributed by atoms with E-state index in [1.807, 2.05) is 36.7 Å². The number of nitrogens with one attached hydrogen (secondary N) is 1. The molecule has 0 aliphatic rings. The quantitative estimate of drug-likeness (QED) is 0.905. The van der Waals surface area contributed by atoms with Gasteiger partial charge in [-0.05, 0) is 26.0 Å². The molecule has 1 aromatic heterocycles. The normalized spacial score (nSPS) is 10.5. The molecule has 0 radical (unpaired) electrons. The number of hydrogen-bond donors (Lipinski definition) is 2. The van der Waals surface area contributed by atoms with Gasteiger partial charge in [0.25, 0.3) is 0 Å². The van der Waals surface area contributed by atoms with Crippen molar-refractivity contribution in [3.8, 4) is 5.75 Å². The van der Waals surface area contributed by atoms with Crippen molar-refractivity contribution in [1.29, 1.82) is 0 Å². The lowest BCUT2D eigenvalue weighted by atomic mass is 10.3. The average Bonchev–Trinajstić information content (AvgIpc) is 2.65. The number of rotatable bonds is 4. The minimum atomic E-state index is 0.667. The van der Waals surface area contributed by atoms with Crippen molar-refractivity contribution in [3.63, 3.8) is 0 Å². The predicted octanol–water partition coefficient (Wildman–Crippen LogP) is 3.31. The van der Waals surface area contributed by atoms with Crippen LogP contribution in [0, 0.1) is 6.92 Å². The maximum Gasteiger partial charge on any atom is 0.152 e. The van der Waals surface area contributed by atoms with Crippen LogP contribution < -0.4 is 15.8 Å². The summed E-state index contributed by atoms with van der Waals surface area (Å²) in [5.41, 5.74) is 8.44. The Balaban J connectivity index is 2.38. The molecule has 0 atom stereocenters. The second-order valence-electron chi connectivity index (χ2n) is 4.17. The number of hydrogen-bond acceptors (Lipinski definition) is 4. The minimum Gasteiger partial charge on any atom is -0.497 e. The number of halogens is 1. The van der Waals surface area contributed by atoms with Gasteiger partial charge in [-0.2, -0.15) is 5.10 Å². The molecule has 1 aromatic carbocycles. The van der Waals surface area contributed by atoms with E-state index in [2.05, 4.69) is 26.3 Å². The first kappa shape index (κ1) is 13.7. The van der Waals surface area contributed by atoms with Gasteiger partial charge in [0.2, 0.25) is 0 Å². The smallest absolute Gasteiger partial charge is 0.152 e. The van der Waals surface area contributed by atoms with E-state index in [-0.39, 0.29) is 0 Å². The van der Waals surface area contributed by atoms with Gasteiger partial charge in [0, 0.05) is 22.8 Å². The van der Waals surface area contributed by atoms with E-state index in [1.54, 1.807) is 7.11 Å². The van der Waals surface area contributed by atoms with E-state index in [0.717, 1.165) is 34.0 Å². The molecule has 0 aliphatic heterocycles. The molecule has 1 heterocycles. The van der Waals surface area contributed by atoms with Crippen molar-refractivity contribution >= 4 is 33.1 Å². The molecular formula is C13H17BrN4O. The number of nitrogens with zero attached hydrogens (tertiary/aromatic N) is 2. The zero-order valence-corrected chi connectivity index (χ0v) is 12.8. The predicted molar refractivity (Wildman–Crippen MR) is 81.0 cm³/mol. The molecule has 0 bridgehead atoms. The summed E-state index contributed by atoms with van der Waals surface area (Å²) in [6, 6.07) is 5.77. The summed E-state index contributed by atoms with van der Waals surface area (Å²) in [6.45, 7) is 4.68. The Morgan fingerprint density at radius 2 is 2.16 bits per heavy atom. The van der Waals surface area contributed by atoms with Gasteiger partial charge < -0.3 is 15.8 Å². The highest BCUT2D eigenvalue weighted by Gasteiger charge is 2.12. The molecule has 5 nitrogen and oxygen atoms in total. The van der Waals surface area contributed by atoms with Crippen molar-refractivity contribution in [2.24, 2.45) is 0 Å². The molecule has 0 saturated carbocycles. The van der Waals surface area contributed by atoms with Crippen LogP contribution in [0.4, 0.5) is 17.2 Å². The molecule has 0 spiro atoms. The van der Waals surface area contributed by atoms with Gasteiger partial charge >= 0.3 is 0 Å². The zero-order valence-electron chi connectivity index (χ0n) is 11.2. The van der Waals surface area contributed by atoms with Crippen LogP contribution in [-0.2, 0) is 6.54 Å². The molecule has 0 saturated heterocycles. The molecule has 102 valence electrons. The summed E-state index contributed by atoms with van der Waals surface area (Å²) in [7, 11) is 1.64. The van der Waals surface area contributed by atoms with Crippen molar-refractivity contribution < 1.29 is 4.74 Å². The van der Waals surface area contributed by atoms with Gasteiger partial charge in [-0.1, -0.05) is 15.9 Å². The number of ether oxygens (including phenoxy) is 1. The van der Waals surface area contributed by atoms with Crippen LogP contribution in [-0.4, -0.2) is 16.9 Å². The Hall–Kier alpha value is -1.69. The molecule has 6 heteroatoms. The van der Waals surface area contributed by atoms with Crippen LogP contribution in [0.1, 0.15) is 12.6 Å². The van der Waals surface area contributed by atoms with E-state index in [1.165, 1.54) is 0 Å². The average molecular weight is 325 g/mol. The van der Waals surface area contributed by atoms with Crippen molar-refractivity contribution in [1.82, 2.24) is 9.78 Å². The monoisotopic (exact) mass is 324 g/mol. The van der Waals surface area contributed by atoms with E-state index in [9.17, 15) is 0 Å². The van der Waals surface area contributed by atoms with Crippen LogP contribution >= 0.6 is 15.9 Å². The van der Waals surface area contributed by atoms with Crippen molar-refractivity contribution in [2.75, 3.05) is 18.2 Å². The van der Waals surface area contributed by atoms with Gasteiger partial charge in [-0.3, -0.25) is 0 Å². The highest BCUT2D eigenvalue weighted by Crippen LogP contribution is 2.30. The molecular weight excluding hydrogens is 308 g/mol. The van der Waals surface area contributed by atoms with E-state index < -0.39 is 0 Å². The molecule has 2 rings (SSSR count). The first-order valence-electron chi connectivity index (χ1n) is 5.99. The fourth-order valence-electron chi connectivity index (χ4n) is 1.85. The van der Waals surface area contributed by atoms with E-state index >= 15 is 0 Å². The fraction of sp³-hybridized carbons (Fsp3) is 0.308. The minimum absolute atomic E-state index is 0.667. The maximum absolute atomic E-state index is 6.05. The van der Waals surface area contributed by atoms with Gasteiger partial charge in [0.15, 0.2) is 5.82 Å². The maximum atomic E-state index is 6.05. The first-order chi connectivity index (χ1) is 9.05. The first-order valence-corrected chi connectivity index (χ1v) is 6.79. The summed E-state index contributed by atoms with van der Waals surface area (Å²) in [5.74, 6) is 1.58. The third-order valence-corrected chi connectivity index (χ3v) is 3.30. The van der Waals surface area contributed by atoms with Crippen LogP contribution in [0.5, 0.6) is 5.75 Å². The Morgan fingerprint density at radius 3 is 2.79 bits per heavy atom. The molecule has 3 N–H and O–H groups in total. The lowest BCUT2D eigenvalue weighted by molar-refractivity contribution is 0.415. The number of aromatic nitrogens is 2. The second kappa shape index (κ2) is 5.52. The largest absolute Gasteiger partial charge is 0.497 e. The van der Waals surface area contributed by atoms with Gasteiger partial charge in [-0.15, -0.1) is 0 Å². The summed E-state index contributed by atoms with van der Waals surface area (Å²) < 4.78 is 8.02. The second-order valence-corrected chi connectivity index (χ2v) is 5.08. The van der Waals surface area contributed by atoms with Gasteiger partial charge in [0.05, 0.1) is 18.5 Å². The molecule has 0 fully saturated rings. The van der Waals surface area contributed by atoms with Crippen LogP contribution in [0.2, 0.25) is 0 Å². The van der Waals surface area contributed by atoms with Gasteiger partial charge in [-0.25, -0.2) is 4.68 Å². The topological polar surface area (TPSA) is 65.1 Å². The third-order valence-electron chi connectivity index (χ3n) is 2.84. The standard InChI is InChI=1S/C13H17BrN4O/c1-4-18-13(12(15)8(2)17-18)16-10-5-9(14)6-11(7-10)19-3/h5-7,16H,4,15H2,1-3H3. The van der Waals surface area contributed by atoms with E-state index in [0.29, 0.717) is 5.69 Å². The number of anilines is 3. The summed E-state index contributed by atoms with van der Waals surface area (Å²) in [5, 5.41) is 7.67. The Kier molecular flexibility index (Phi) is 3.99. The number of aryl methyl sites for hydroxylation is 2. The van der Waals surface area contributed by atoms with Crippen LogP contribution in [0.15, 0.2) is 22.7 Å². The summed E-state index contributed by atoms with van der Waals surface area (Å²) in [4.78, 5) is 0. The number of nitrogen functional groups attached to an aromatic ring is 1. The van der Waals surface area contributed by atoms with Crippen molar-refractivity contribution in [2.45, 2.75) is 20.4 Å². The number of nitrogens with two attached hydrogens (primary N) is 1. The molecule has 0 amide bonds. The molecule has 2 aromatic rings. The lowest BCUT2D eigenvalue weighted by Gasteiger charge is -2.11.